The third kappa shape index (κ3) is 3.46. The summed E-state index contributed by atoms with van der Waals surface area (Å²) >= 11 is 1.35. The molecule has 0 aliphatic carbocycles. The normalized spacial score (nSPS) is 18.2. The van der Waals surface area contributed by atoms with Crippen molar-refractivity contribution in [3.8, 4) is 5.75 Å². The third-order valence-corrected chi connectivity index (χ3v) is 4.51. The third-order valence-electron chi connectivity index (χ3n) is 3.45. The highest BCUT2D eigenvalue weighted by Gasteiger charge is 2.30. The van der Waals surface area contributed by atoms with Gasteiger partial charge in [-0.25, -0.2) is 4.99 Å². The molecule has 0 aromatic heterocycles. The van der Waals surface area contributed by atoms with Gasteiger partial charge in [-0.2, -0.15) is 0 Å². The number of aryl methyl sites for hydroxylation is 1. The second-order valence-corrected chi connectivity index (χ2v) is 6.31. The monoisotopic (exact) mass is 324 g/mol. The van der Waals surface area contributed by atoms with Crippen LogP contribution < -0.4 is 0 Å². The predicted octanol–water partition coefficient (Wildman–Crippen LogP) is 3.93. The molecule has 0 atom stereocenters. The van der Waals surface area contributed by atoms with Crippen molar-refractivity contribution in [1.29, 1.82) is 0 Å². The largest absolute Gasteiger partial charge is 0.508 e. The second kappa shape index (κ2) is 6.30. The number of phenolic OH excluding ortho intramolecular Hbond substituents is 1. The van der Waals surface area contributed by atoms with Crippen LogP contribution in [-0.4, -0.2) is 28.1 Å². The van der Waals surface area contributed by atoms with Gasteiger partial charge in [0.15, 0.2) is 5.17 Å². The summed E-state index contributed by atoms with van der Waals surface area (Å²) in [6.07, 6.45) is 1.88. The Hall–Kier alpha value is -2.53. The zero-order valence-electron chi connectivity index (χ0n) is 12.9. The molecule has 1 N–H and O–H groups in total. The Morgan fingerprint density at radius 1 is 1.09 bits per heavy atom. The van der Waals surface area contributed by atoms with Gasteiger partial charge in [-0.1, -0.05) is 29.8 Å². The van der Waals surface area contributed by atoms with Gasteiger partial charge in [-0.05, 0) is 54.6 Å². The molecule has 0 bridgehead atoms. The van der Waals surface area contributed by atoms with Crippen molar-refractivity contribution in [2.24, 2.45) is 4.99 Å². The number of amidine groups is 1. The second-order valence-electron chi connectivity index (χ2n) is 5.30. The molecule has 1 amide bonds. The van der Waals surface area contributed by atoms with E-state index in [4.69, 9.17) is 0 Å². The van der Waals surface area contributed by atoms with Crippen molar-refractivity contribution in [2.45, 2.75) is 6.92 Å². The van der Waals surface area contributed by atoms with Gasteiger partial charge in [0, 0.05) is 7.05 Å². The maximum absolute atomic E-state index is 12.3. The lowest BCUT2D eigenvalue weighted by Gasteiger charge is -2.07. The number of nitrogens with zero attached hydrogens (tertiary/aromatic N) is 2. The van der Waals surface area contributed by atoms with Crippen LogP contribution in [0.4, 0.5) is 5.69 Å². The number of phenols is 1. The van der Waals surface area contributed by atoms with Crippen LogP contribution in [0.15, 0.2) is 58.4 Å². The van der Waals surface area contributed by atoms with E-state index in [1.165, 1.54) is 22.2 Å². The molecule has 116 valence electrons. The molecule has 3 rings (SSSR count). The molecule has 0 radical (unpaired) electrons. The summed E-state index contributed by atoms with van der Waals surface area (Å²) in [6.45, 7) is 2.03. The minimum atomic E-state index is -0.0619. The average molecular weight is 324 g/mol. The fourth-order valence-electron chi connectivity index (χ4n) is 2.10. The van der Waals surface area contributed by atoms with E-state index >= 15 is 0 Å². The standard InChI is InChI=1S/C18H16N2O2S/c1-12-3-5-13(6-4-12)11-16-17(22)20(2)18(23-16)19-14-7-9-15(21)10-8-14/h3-11,21H,1-2H3/b16-11-,19-18?. The van der Waals surface area contributed by atoms with Crippen LogP contribution >= 0.6 is 11.8 Å². The molecule has 0 unspecified atom stereocenters. The van der Waals surface area contributed by atoms with Gasteiger partial charge in [0.1, 0.15) is 5.75 Å². The average Bonchev–Trinajstić information content (AvgIpc) is 2.80. The topological polar surface area (TPSA) is 52.9 Å². The smallest absolute Gasteiger partial charge is 0.266 e. The number of thioether (sulfide) groups is 1. The molecule has 1 aliphatic heterocycles. The van der Waals surface area contributed by atoms with Crippen molar-refractivity contribution >= 4 is 34.6 Å². The Kier molecular flexibility index (Phi) is 4.21. The van der Waals surface area contributed by atoms with Crippen molar-refractivity contribution < 1.29 is 9.90 Å². The van der Waals surface area contributed by atoms with Gasteiger partial charge < -0.3 is 5.11 Å². The van der Waals surface area contributed by atoms with E-state index in [-0.39, 0.29) is 11.7 Å². The lowest BCUT2D eigenvalue weighted by molar-refractivity contribution is -0.121. The number of hydrogen-bond donors (Lipinski definition) is 1. The van der Waals surface area contributed by atoms with Gasteiger partial charge >= 0.3 is 0 Å². The lowest BCUT2D eigenvalue weighted by Crippen LogP contribution is -2.23. The molecule has 5 heteroatoms. The maximum Gasteiger partial charge on any atom is 0.266 e. The number of amides is 1. The van der Waals surface area contributed by atoms with Gasteiger partial charge in [0.25, 0.3) is 5.91 Å². The fraction of sp³-hybridized carbons (Fsp3) is 0.111. The quantitative estimate of drug-likeness (QED) is 0.852. The summed E-state index contributed by atoms with van der Waals surface area (Å²) in [4.78, 5) is 19.0. The number of likely N-dealkylation sites (N-methyl/N-ethyl adjacent to an activating group) is 1. The summed E-state index contributed by atoms with van der Waals surface area (Å²) in [5, 5.41) is 9.93. The van der Waals surface area contributed by atoms with E-state index in [1.54, 1.807) is 31.3 Å². The number of hydrogen-bond acceptors (Lipinski definition) is 4. The first kappa shape index (κ1) is 15.4. The number of aliphatic imine (C=N–C) groups is 1. The van der Waals surface area contributed by atoms with Crippen LogP contribution in [0.3, 0.4) is 0 Å². The van der Waals surface area contributed by atoms with Crippen LogP contribution in [-0.2, 0) is 4.79 Å². The highest BCUT2D eigenvalue weighted by Crippen LogP contribution is 2.33. The molecule has 2 aromatic carbocycles. The van der Waals surface area contributed by atoms with Crippen molar-refractivity contribution in [2.75, 3.05) is 7.05 Å². The highest BCUT2D eigenvalue weighted by atomic mass is 32.2. The summed E-state index contributed by atoms with van der Waals surface area (Å²) in [7, 11) is 1.71. The van der Waals surface area contributed by atoms with E-state index in [0.29, 0.717) is 15.8 Å². The zero-order valence-corrected chi connectivity index (χ0v) is 13.7. The van der Waals surface area contributed by atoms with Crippen LogP contribution in [0.25, 0.3) is 6.08 Å². The Balaban J connectivity index is 1.87. The molecular formula is C18H16N2O2S. The number of aromatic hydroxyl groups is 1. The first-order chi connectivity index (χ1) is 11.0. The Labute approximate surface area is 139 Å². The summed E-state index contributed by atoms with van der Waals surface area (Å²) < 4.78 is 0. The van der Waals surface area contributed by atoms with Crippen LogP contribution in [0, 0.1) is 6.92 Å². The molecule has 1 saturated heterocycles. The Morgan fingerprint density at radius 2 is 1.74 bits per heavy atom. The number of carbonyl (C=O) groups excluding carboxylic acids is 1. The van der Waals surface area contributed by atoms with Gasteiger partial charge in [-0.15, -0.1) is 0 Å². The maximum atomic E-state index is 12.3. The van der Waals surface area contributed by atoms with Crippen molar-refractivity contribution in [1.82, 2.24) is 4.90 Å². The van der Waals surface area contributed by atoms with Crippen LogP contribution in [0.1, 0.15) is 11.1 Å². The van der Waals surface area contributed by atoms with Gasteiger partial charge in [0.2, 0.25) is 0 Å². The minimum Gasteiger partial charge on any atom is -0.508 e. The predicted molar refractivity (Wildman–Crippen MR) is 94.7 cm³/mol. The molecule has 0 saturated carbocycles. The van der Waals surface area contributed by atoms with E-state index in [1.807, 2.05) is 37.3 Å². The first-order valence-corrected chi connectivity index (χ1v) is 7.96. The number of benzene rings is 2. The Bertz CT molecular complexity index is 793. The highest BCUT2D eigenvalue weighted by molar-refractivity contribution is 8.18. The van der Waals surface area contributed by atoms with Gasteiger partial charge in [-0.3, -0.25) is 9.69 Å². The summed E-state index contributed by atoms with van der Waals surface area (Å²) in [5.74, 6) is 0.130. The van der Waals surface area contributed by atoms with E-state index in [2.05, 4.69) is 4.99 Å². The molecule has 2 aromatic rings. The Morgan fingerprint density at radius 3 is 2.39 bits per heavy atom. The number of carbonyl (C=O) groups is 1. The van der Waals surface area contributed by atoms with Crippen LogP contribution in [0.2, 0.25) is 0 Å². The number of rotatable bonds is 2. The molecule has 23 heavy (non-hydrogen) atoms. The van der Waals surface area contributed by atoms with Crippen molar-refractivity contribution in [3.05, 3.63) is 64.6 Å². The lowest BCUT2D eigenvalue weighted by atomic mass is 10.1. The van der Waals surface area contributed by atoms with Gasteiger partial charge in [0.05, 0.1) is 10.6 Å². The fourth-order valence-corrected chi connectivity index (χ4v) is 3.09. The SMILES string of the molecule is Cc1ccc(/C=C2\SC(=Nc3ccc(O)cc3)N(C)C2=O)cc1. The zero-order chi connectivity index (χ0) is 16.4. The molecule has 4 nitrogen and oxygen atoms in total. The van der Waals surface area contributed by atoms with Crippen molar-refractivity contribution in [3.63, 3.8) is 0 Å². The summed E-state index contributed by atoms with van der Waals surface area (Å²) in [6, 6.07) is 14.6. The first-order valence-electron chi connectivity index (χ1n) is 7.15. The van der Waals surface area contributed by atoms with E-state index in [9.17, 15) is 9.90 Å². The molecule has 0 spiro atoms. The summed E-state index contributed by atoms with van der Waals surface area (Å²) in [5.41, 5.74) is 2.87. The van der Waals surface area contributed by atoms with Crippen LogP contribution in [0.5, 0.6) is 5.75 Å². The molecular weight excluding hydrogens is 308 g/mol. The minimum absolute atomic E-state index is 0.0619. The van der Waals surface area contributed by atoms with E-state index < -0.39 is 0 Å². The molecule has 1 heterocycles. The van der Waals surface area contributed by atoms with E-state index in [0.717, 1.165) is 5.56 Å². The molecule has 1 aliphatic rings. The molecule has 1 fully saturated rings.